The van der Waals surface area contributed by atoms with Crippen LogP contribution in [0.25, 0.3) is 33.8 Å². The third-order valence-corrected chi connectivity index (χ3v) is 7.26. The number of aromatic hydroxyl groups is 1. The Morgan fingerprint density at radius 3 is 2.67 bits per heavy atom. The first kappa shape index (κ1) is 26.6. The molecule has 3 aromatic heterocycles. The molecule has 0 spiro atoms. The zero-order valence-electron chi connectivity index (χ0n) is 22.9. The number of aldehydes is 1. The maximum atomic E-state index is 12.6. The van der Waals surface area contributed by atoms with Gasteiger partial charge in [-0.1, -0.05) is 37.3 Å². The Balaban J connectivity index is 1.33. The van der Waals surface area contributed by atoms with Gasteiger partial charge in [0, 0.05) is 24.0 Å². The number of imidazole rings is 1. The second-order valence-electron chi connectivity index (χ2n) is 10.2. The van der Waals surface area contributed by atoms with Crippen LogP contribution in [-0.2, 0) is 6.54 Å². The summed E-state index contributed by atoms with van der Waals surface area (Å²) in [6.07, 6.45) is 9.67. The van der Waals surface area contributed by atoms with E-state index in [1.807, 2.05) is 53.1 Å². The number of nitrogens with two attached hydrogens (primary N) is 1. The van der Waals surface area contributed by atoms with Gasteiger partial charge in [-0.25, -0.2) is 15.0 Å². The van der Waals surface area contributed by atoms with E-state index in [-0.39, 0.29) is 29.3 Å². The molecule has 42 heavy (non-hydrogen) atoms. The molecule has 6 rings (SSSR count). The Hall–Kier alpha value is -5.57. The van der Waals surface area contributed by atoms with Crippen LogP contribution >= 0.6 is 0 Å². The van der Waals surface area contributed by atoms with Crippen molar-refractivity contribution in [3.05, 3.63) is 114 Å². The summed E-state index contributed by atoms with van der Waals surface area (Å²) < 4.78 is 1.97. The molecule has 1 aliphatic carbocycles. The number of fused-ring (bicyclic) bond motifs is 1. The van der Waals surface area contributed by atoms with E-state index >= 15 is 0 Å². The normalized spacial score (nSPS) is 14.5. The van der Waals surface area contributed by atoms with Crippen molar-refractivity contribution < 1.29 is 14.7 Å². The minimum Gasteiger partial charge on any atom is -0.507 e. The van der Waals surface area contributed by atoms with E-state index in [0.29, 0.717) is 35.1 Å². The number of anilines is 1. The summed E-state index contributed by atoms with van der Waals surface area (Å²) in [7, 11) is 0. The number of hydrogen-bond acceptors (Lipinski definition) is 7. The van der Waals surface area contributed by atoms with E-state index in [1.165, 1.54) is 18.2 Å². The van der Waals surface area contributed by atoms with Crippen molar-refractivity contribution in [2.75, 3.05) is 5.73 Å². The predicted molar refractivity (Wildman–Crippen MR) is 162 cm³/mol. The van der Waals surface area contributed by atoms with E-state index in [9.17, 15) is 14.7 Å². The van der Waals surface area contributed by atoms with Gasteiger partial charge in [0.1, 0.15) is 17.1 Å². The number of phenols is 1. The van der Waals surface area contributed by atoms with Crippen molar-refractivity contribution in [1.82, 2.24) is 24.8 Å². The SMILES string of the molecule is CC1C=CC(c2ccc3nc(-c4cccnc4N)n(-c4ccc(CNC(=O)c5ccc(C=O)c(O)c5)cc4)c3n2)=CC1. The van der Waals surface area contributed by atoms with Gasteiger partial charge in [-0.05, 0) is 78.1 Å². The summed E-state index contributed by atoms with van der Waals surface area (Å²) in [5, 5.41) is 12.8. The van der Waals surface area contributed by atoms with Crippen molar-refractivity contribution in [3.63, 3.8) is 0 Å². The lowest BCUT2D eigenvalue weighted by Crippen LogP contribution is -2.22. The summed E-state index contributed by atoms with van der Waals surface area (Å²) in [6.45, 7) is 2.45. The molecule has 0 aliphatic heterocycles. The molecule has 208 valence electrons. The number of pyridine rings is 2. The van der Waals surface area contributed by atoms with Crippen molar-refractivity contribution >= 4 is 34.7 Å². The molecule has 0 saturated heterocycles. The third-order valence-electron chi connectivity index (χ3n) is 7.26. The van der Waals surface area contributed by atoms with Crippen LogP contribution in [0, 0.1) is 5.92 Å². The number of phenolic OH excluding ortho intramolecular Hbond substituents is 1. The minimum atomic E-state index is -0.362. The quantitative estimate of drug-likeness (QED) is 0.226. The first-order valence-electron chi connectivity index (χ1n) is 13.6. The van der Waals surface area contributed by atoms with Crippen molar-refractivity contribution in [3.8, 4) is 22.8 Å². The number of rotatable bonds is 7. The molecular formula is C33H28N6O3. The Labute approximate surface area is 242 Å². The Bertz CT molecular complexity index is 1890. The Morgan fingerprint density at radius 2 is 1.95 bits per heavy atom. The molecule has 4 N–H and O–H groups in total. The second-order valence-corrected chi connectivity index (χ2v) is 10.2. The first-order chi connectivity index (χ1) is 20.4. The number of carbonyl (C=O) groups is 2. The highest BCUT2D eigenvalue weighted by atomic mass is 16.3. The zero-order chi connectivity index (χ0) is 29.2. The molecule has 2 aromatic carbocycles. The smallest absolute Gasteiger partial charge is 0.251 e. The number of amides is 1. The van der Waals surface area contributed by atoms with E-state index in [4.69, 9.17) is 15.7 Å². The average Bonchev–Trinajstić information content (AvgIpc) is 3.39. The molecule has 9 heteroatoms. The number of carbonyl (C=O) groups excluding carboxylic acids is 2. The monoisotopic (exact) mass is 556 g/mol. The number of benzene rings is 2. The van der Waals surface area contributed by atoms with Crippen LogP contribution in [0.5, 0.6) is 5.75 Å². The fraction of sp³-hybridized carbons (Fsp3) is 0.121. The minimum absolute atomic E-state index is 0.129. The fourth-order valence-corrected chi connectivity index (χ4v) is 4.90. The fourth-order valence-electron chi connectivity index (χ4n) is 4.90. The van der Waals surface area contributed by atoms with Gasteiger partial charge in [0.05, 0.1) is 16.8 Å². The number of nitrogen functional groups attached to an aromatic ring is 1. The standard InChI is InChI=1S/C33H28N6O3/c1-20-4-8-22(9-5-20)27-14-15-28-32(37-27)39(31(38-28)26-3-2-16-35-30(26)34)25-12-6-21(7-13-25)18-36-33(42)23-10-11-24(19-40)29(41)17-23/h2-4,6-17,19-20,41H,5,18H2,1H3,(H2,34,35)(H,36,42). The Kier molecular flexibility index (Phi) is 7.06. The highest BCUT2D eigenvalue weighted by molar-refractivity contribution is 5.95. The summed E-state index contributed by atoms with van der Waals surface area (Å²) in [4.78, 5) is 37.8. The zero-order valence-corrected chi connectivity index (χ0v) is 22.9. The van der Waals surface area contributed by atoms with Crippen LogP contribution < -0.4 is 11.1 Å². The summed E-state index contributed by atoms with van der Waals surface area (Å²) in [6, 6.07) is 19.6. The molecule has 0 bridgehead atoms. The van der Waals surface area contributed by atoms with E-state index in [1.54, 1.807) is 6.20 Å². The predicted octanol–water partition coefficient (Wildman–Crippen LogP) is 5.49. The topological polar surface area (TPSA) is 136 Å². The molecule has 1 aliphatic rings. The number of nitrogens with one attached hydrogen (secondary N) is 1. The molecule has 5 aromatic rings. The van der Waals surface area contributed by atoms with Crippen LogP contribution in [0.3, 0.4) is 0 Å². The molecule has 9 nitrogen and oxygen atoms in total. The number of nitrogens with zero attached hydrogens (tertiary/aromatic N) is 4. The van der Waals surface area contributed by atoms with Gasteiger partial charge >= 0.3 is 0 Å². The van der Waals surface area contributed by atoms with Crippen LogP contribution in [0.1, 0.15) is 45.3 Å². The van der Waals surface area contributed by atoms with Crippen molar-refractivity contribution in [1.29, 1.82) is 0 Å². The summed E-state index contributed by atoms with van der Waals surface area (Å²) >= 11 is 0. The largest absolute Gasteiger partial charge is 0.507 e. The van der Waals surface area contributed by atoms with Gasteiger partial charge in [0.25, 0.3) is 5.91 Å². The van der Waals surface area contributed by atoms with Crippen LogP contribution in [0.2, 0.25) is 0 Å². The van der Waals surface area contributed by atoms with Crippen LogP contribution in [0.4, 0.5) is 5.82 Å². The molecule has 0 radical (unpaired) electrons. The maximum absolute atomic E-state index is 12.6. The molecular weight excluding hydrogens is 528 g/mol. The van der Waals surface area contributed by atoms with Gasteiger partial charge in [0.2, 0.25) is 0 Å². The number of aromatic nitrogens is 4. The lowest BCUT2D eigenvalue weighted by atomic mass is 9.97. The first-order valence-corrected chi connectivity index (χ1v) is 13.6. The van der Waals surface area contributed by atoms with E-state index in [0.717, 1.165) is 34.5 Å². The number of allylic oxidation sites excluding steroid dienone is 4. The van der Waals surface area contributed by atoms with Gasteiger partial charge in [-0.2, -0.15) is 0 Å². The molecule has 1 amide bonds. The number of hydrogen-bond donors (Lipinski definition) is 3. The molecule has 1 unspecified atom stereocenters. The molecule has 0 saturated carbocycles. The highest BCUT2D eigenvalue weighted by Gasteiger charge is 2.19. The van der Waals surface area contributed by atoms with Crippen LogP contribution in [-0.4, -0.2) is 36.8 Å². The van der Waals surface area contributed by atoms with E-state index < -0.39 is 0 Å². The van der Waals surface area contributed by atoms with Crippen molar-refractivity contribution in [2.24, 2.45) is 5.92 Å². The van der Waals surface area contributed by atoms with Gasteiger partial charge in [-0.15, -0.1) is 0 Å². The van der Waals surface area contributed by atoms with Crippen LogP contribution in [0.15, 0.2) is 91.2 Å². The summed E-state index contributed by atoms with van der Waals surface area (Å²) in [5.41, 5.74) is 12.4. The average molecular weight is 557 g/mol. The lowest BCUT2D eigenvalue weighted by Gasteiger charge is -2.13. The van der Waals surface area contributed by atoms with Gasteiger partial charge in [0.15, 0.2) is 17.8 Å². The third kappa shape index (κ3) is 5.15. The second kappa shape index (κ2) is 11.1. The Morgan fingerprint density at radius 1 is 1.12 bits per heavy atom. The van der Waals surface area contributed by atoms with Crippen molar-refractivity contribution in [2.45, 2.75) is 19.9 Å². The van der Waals surface area contributed by atoms with E-state index in [2.05, 4.69) is 35.5 Å². The van der Waals surface area contributed by atoms with Gasteiger partial charge in [-0.3, -0.25) is 14.2 Å². The van der Waals surface area contributed by atoms with Gasteiger partial charge < -0.3 is 16.2 Å². The maximum Gasteiger partial charge on any atom is 0.251 e. The molecule has 3 heterocycles. The highest BCUT2D eigenvalue weighted by Crippen LogP contribution is 2.32. The summed E-state index contributed by atoms with van der Waals surface area (Å²) in [5.74, 6) is 0.900. The molecule has 1 atom stereocenters. The lowest BCUT2D eigenvalue weighted by molar-refractivity contribution is 0.0949. The molecule has 0 fully saturated rings.